The van der Waals surface area contributed by atoms with Crippen molar-refractivity contribution in [1.82, 2.24) is 4.90 Å². The van der Waals surface area contributed by atoms with Crippen LogP contribution in [0.5, 0.6) is 0 Å². The maximum Gasteiger partial charge on any atom is 0.410 e. The third-order valence-electron chi connectivity index (χ3n) is 6.06. The number of nitrogens with zero attached hydrogens (tertiary/aromatic N) is 4. The Hall–Kier alpha value is -3.63. The normalized spacial score (nSPS) is 24.5. The van der Waals surface area contributed by atoms with Gasteiger partial charge in [0.05, 0.1) is 30.5 Å². The molecule has 0 saturated heterocycles. The molecule has 1 N–H and O–H groups in total. The number of benzene rings is 1. The predicted molar refractivity (Wildman–Crippen MR) is 109 cm³/mol. The first-order valence-electron chi connectivity index (χ1n) is 9.98. The van der Waals surface area contributed by atoms with Gasteiger partial charge in [0.25, 0.3) is 0 Å². The summed E-state index contributed by atoms with van der Waals surface area (Å²) in [5, 5.41) is 38.5. The molecule has 30 heavy (non-hydrogen) atoms. The van der Waals surface area contributed by atoms with E-state index in [1.165, 1.54) is 4.90 Å². The minimum Gasteiger partial charge on any atom is -0.450 e. The molecular formula is C23H23N5O2. The first kappa shape index (κ1) is 21.1. The lowest BCUT2D eigenvalue weighted by molar-refractivity contribution is 0.0992. The van der Waals surface area contributed by atoms with Crippen molar-refractivity contribution in [1.29, 1.82) is 21.2 Å². The van der Waals surface area contributed by atoms with Gasteiger partial charge in [-0.1, -0.05) is 37.3 Å². The maximum atomic E-state index is 12.4. The molecule has 0 unspecified atom stereocenters. The van der Waals surface area contributed by atoms with Crippen molar-refractivity contribution in [3.8, 4) is 18.2 Å². The Morgan fingerprint density at radius 3 is 2.43 bits per heavy atom. The molecule has 1 aliphatic heterocycles. The summed E-state index contributed by atoms with van der Waals surface area (Å²) in [5.41, 5.74) is 0.596. The lowest BCUT2D eigenvalue weighted by Crippen LogP contribution is -2.53. The van der Waals surface area contributed by atoms with Gasteiger partial charge in [-0.25, -0.2) is 4.79 Å². The summed E-state index contributed by atoms with van der Waals surface area (Å²) in [5.74, 6) is -2.06. The number of aryl methyl sites for hydroxylation is 1. The number of ether oxygens (including phenoxy) is 1. The minimum atomic E-state index is -1.78. The molecule has 1 fully saturated rings. The van der Waals surface area contributed by atoms with Crippen LogP contribution in [0.15, 0.2) is 35.9 Å². The Kier molecular flexibility index (Phi) is 5.90. The van der Waals surface area contributed by atoms with Crippen LogP contribution >= 0.6 is 0 Å². The predicted octanol–water partition coefficient (Wildman–Crippen LogP) is 3.55. The lowest BCUT2D eigenvalue weighted by Gasteiger charge is -2.47. The fourth-order valence-corrected chi connectivity index (χ4v) is 4.51. The summed E-state index contributed by atoms with van der Waals surface area (Å²) in [6.07, 6.45) is 2.16. The van der Waals surface area contributed by atoms with Crippen LogP contribution in [-0.2, 0) is 11.2 Å². The number of hydrogen-bond acceptors (Lipinski definition) is 6. The van der Waals surface area contributed by atoms with Crippen LogP contribution in [0.4, 0.5) is 4.79 Å². The molecule has 1 aliphatic carbocycles. The van der Waals surface area contributed by atoms with Gasteiger partial charge in [0.1, 0.15) is 5.92 Å². The molecule has 3 rings (SSSR count). The number of nitriles is 3. The first-order valence-corrected chi connectivity index (χ1v) is 9.98. The van der Waals surface area contributed by atoms with Gasteiger partial charge >= 0.3 is 6.09 Å². The van der Waals surface area contributed by atoms with Crippen LogP contribution in [0.1, 0.15) is 30.9 Å². The molecule has 0 aromatic heterocycles. The van der Waals surface area contributed by atoms with Gasteiger partial charge in [-0.15, -0.1) is 0 Å². The fraction of sp³-hybridized carbons (Fsp3) is 0.435. The van der Waals surface area contributed by atoms with Crippen molar-refractivity contribution in [2.45, 2.75) is 26.2 Å². The van der Waals surface area contributed by atoms with E-state index in [9.17, 15) is 20.6 Å². The van der Waals surface area contributed by atoms with Crippen LogP contribution in [0, 0.1) is 56.7 Å². The molecular weight excluding hydrogens is 378 g/mol. The van der Waals surface area contributed by atoms with Crippen molar-refractivity contribution in [2.24, 2.45) is 17.3 Å². The molecule has 3 atom stereocenters. The Morgan fingerprint density at radius 1 is 1.23 bits per heavy atom. The van der Waals surface area contributed by atoms with Crippen molar-refractivity contribution in [3.05, 3.63) is 47.0 Å². The van der Waals surface area contributed by atoms with E-state index >= 15 is 0 Å². The molecule has 1 aromatic rings. The Labute approximate surface area is 176 Å². The standard InChI is InChI=1S/C23H23N5O2/c1-3-15-5-7-16(8-6-15)20-19-12-28(22(29)30-4-2)10-9-17(19)18(11-24)21(27)23(20,13-25)14-26/h5-9,18-20,27H,3-4,10,12H2,1-2H3/t18-,19+,20+/m0/s1. The summed E-state index contributed by atoms with van der Waals surface area (Å²) in [6.45, 7) is 4.50. The number of carbonyl (C=O) groups excluding carboxylic acids is 1. The molecule has 2 aliphatic rings. The zero-order valence-electron chi connectivity index (χ0n) is 17.1. The largest absolute Gasteiger partial charge is 0.450 e. The third-order valence-corrected chi connectivity index (χ3v) is 6.06. The van der Waals surface area contributed by atoms with E-state index in [2.05, 4.69) is 18.2 Å². The Bertz CT molecular complexity index is 992. The number of rotatable bonds is 3. The van der Waals surface area contributed by atoms with Crippen LogP contribution in [-0.4, -0.2) is 36.4 Å². The molecule has 1 saturated carbocycles. The van der Waals surface area contributed by atoms with E-state index in [-0.39, 0.29) is 25.4 Å². The molecule has 152 valence electrons. The smallest absolute Gasteiger partial charge is 0.410 e. The molecule has 1 aromatic carbocycles. The summed E-state index contributed by atoms with van der Waals surface area (Å²) in [7, 11) is 0. The van der Waals surface area contributed by atoms with E-state index in [0.717, 1.165) is 17.5 Å². The van der Waals surface area contributed by atoms with Crippen LogP contribution in [0.25, 0.3) is 0 Å². The Balaban J connectivity index is 2.17. The topological polar surface area (TPSA) is 125 Å². The van der Waals surface area contributed by atoms with E-state index in [4.69, 9.17) is 10.1 Å². The molecule has 1 heterocycles. The lowest BCUT2D eigenvalue weighted by atomic mass is 9.54. The van der Waals surface area contributed by atoms with Crippen LogP contribution in [0.2, 0.25) is 0 Å². The molecule has 0 spiro atoms. The monoisotopic (exact) mass is 401 g/mol. The highest BCUT2D eigenvalue weighted by molar-refractivity contribution is 6.00. The fourth-order valence-electron chi connectivity index (χ4n) is 4.51. The number of carbonyl (C=O) groups is 1. The second-order valence-corrected chi connectivity index (χ2v) is 7.49. The summed E-state index contributed by atoms with van der Waals surface area (Å²) >= 11 is 0. The first-order chi connectivity index (χ1) is 14.5. The van der Waals surface area contributed by atoms with E-state index in [1.54, 1.807) is 13.0 Å². The van der Waals surface area contributed by atoms with Gasteiger partial charge in [-0.05, 0) is 30.0 Å². The van der Waals surface area contributed by atoms with Gasteiger partial charge in [0.2, 0.25) is 0 Å². The molecule has 0 radical (unpaired) electrons. The van der Waals surface area contributed by atoms with Gasteiger partial charge in [-0.3, -0.25) is 0 Å². The highest BCUT2D eigenvalue weighted by Gasteiger charge is 2.58. The summed E-state index contributed by atoms with van der Waals surface area (Å²) < 4.78 is 5.13. The van der Waals surface area contributed by atoms with Crippen molar-refractivity contribution in [2.75, 3.05) is 19.7 Å². The van der Waals surface area contributed by atoms with Crippen molar-refractivity contribution >= 4 is 11.8 Å². The zero-order valence-corrected chi connectivity index (χ0v) is 17.1. The van der Waals surface area contributed by atoms with Crippen molar-refractivity contribution < 1.29 is 9.53 Å². The van der Waals surface area contributed by atoms with E-state index < -0.39 is 29.3 Å². The molecule has 0 bridgehead atoms. The quantitative estimate of drug-likeness (QED) is 0.775. The van der Waals surface area contributed by atoms with E-state index in [0.29, 0.717) is 5.57 Å². The number of fused-ring (bicyclic) bond motifs is 1. The van der Waals surface area contributed by atoms with Crippen molar-refractivity contribution in [3.63, 3.8) is 0 Å². The van der Waals surface area contributed by atoms with Crippen LogP contribution < -0.4 is 0 Å². The summed E-state index contributed by atoms with van der Waals surface area (Å²) in [4.78, 5) is 13.9. The molecule has 7 nitrogen and oxygen atoms in total. The molecule has 1 amide bonds. The number of nitrogens with one attached hydrogen (secondary N) is 1. The maximum absolute atomic E-state index is 12.4. The zero-order chi connectivity index (χ0) is 21.9. The average molecular weight is 401 g/mol. The van der Waals surface area contributed by atoms with Gasteiger partial charge in [0, 0.05) is 24.9 Å². The second-order valence-electron chi connectivity index (χ2n) is 7.49. The minimum absolute atomic E-state index is 0.188. The SMILES string of the molecule is CCOC(=O)N1CC=C2[C@H](C#N)C(=N)C(C#N)(C#N)[C@H](c3ccc(CC)cc3)[C@@H]2C1. The highest BCUT2D eigenvalue weighted by Crippen LogP contribution is 2.53. The van der Waals surface area contributed by atoms with Crippen LogP contribution in [0.3, 0.4) is 0 Å². The Morgan fingerprint density at radius 2 is 1.90 bits per heavy atom. The summed E-state index contributed by atoms with van der Waals surface area (Å²) in [6, 6.07) is 13.9. The van der Waals surface area contributed by atoms with Gasteiger partial charge in [0.15, 0.2) is 5.41 Å². The second kappa shape index (κ2) is 8.39. The third kappa shape index (κ3) is 3.21. The number of amides is 1. The highest BCUT2D eigenvalue weighted by atomic mass is 16.6. The van der Waals surface area contributed by atoms with Gasteiger partial charge < -0.3 is 15.0 Å². The van der Waals surface area contributed by atoms with E-state index in [1.807, 2.05) is 31.2 Å². The number of hydrogen-bond donors (Lipinski definition) is 1. The molecule has 7 heteroatoms. The average Bonchev–Trinajstić information content (AvgIpc) is 2.78. The van der Waals surface area contributed by atoms with Gasteiger partial charge in [-0.2, -0.15) is 15.8 Å².